The Morgan fingerprint density at radius 1 is 1.19 bits per heavy atom. The predicted molar refractivity (Wildman–Crippen MR) is 121 cm³/mol. The molecule has 1 fully saturated rings. The number of nitrogens with zero attached hydrogens (tertiary/aromatic N) is 3. The third-order valence-corrected chi connectivity index (χ3v) is 4.95. The Kier molecular flexibility index (Phi) is 8.61. The number of aliphatic imine (C=N–C) groups is 1. The van der Waals surface area contributed by atoms with Crippen LogP contribution in [0, 0.1) is 0 Å². The lowest BCUT2D eigenvalue weighted by atomic mass is 10.2. The molecule has 9 heteroatoms. The molecule has 2 N–H and O–H groups in total. The summed E-state index contributed by atoms with van der Waals surface area (Å²) in [7, 11) is 0. The van der Waals surface area contributed by atoms with Gasteiger partial charge in [0.15, 0.2) is 5.96 Å². The van der Waals surface area contributed by atoms with Gasteiger partial charge in [0.05, 0.1) is 18.8 Å². The van der Waals surface area contributed by atoms with Crippen LogP contribution in [0.2, 0.25) is 0 Å². The van der Waals surface area contributed by atoms with E-state index in [0.29, 0.717) is 31.2 Å². The third kappa shape index (κ3) is 7.05. The molecule has 3 rings (SSSR count). The fourth-order valence-corrected chi connectivity index (χ4v) is 3.61. The highest BCUT2D eigenvalue weighted by atomic mass is 19.3. The van der Waals surface area contributed by atoms with E-state index in [0.717, 1.165) is 24.5 Å². The van der Waals surface area contributed by atoms with Gasteiger partial charge >= 0.3 is 6.61 Å². The van der Waals surface area contributed by atoms with Crippen molar-refractivity contribution in [2.45, 2.75) is 52.7 Å². The van der Waals surface area contributed by atoms with Gasteiger partial charge in [0.1, 0.15) is 11.6 Å². The zero-order valence-electron chi connectivity index (χ0n) is 18.7. The molecule has 1 saturated heterocycles. The van der Waals surface area contributed by atoms with Crippen molar-refractivity contribution >= 4 is 11.8 Å². The van der Waals surface area contributed by atoms with Crippen LogP contribution < -0.4 is 20.3 Å². The molecule has 7 nitrogen and oxygen atoms in total. The fourth-order valence-electron chi connectivity index (χ4n) is 3.61. The number of rotatable bonds is 8. The highest BCUT2D eigenvalue weighted by Crippen LogP contribution is 2.20. The maximum absolute atomic E-state index is 12.6. The molecule has 174 valence electrons. The van der Waals surface area contributed by atoms with Crippen LogP contribution in [0.4, 0.5) is 14.6 Å². The van der Waals surface area contributed by atoms with Crippen LogP contribution in [0.25, 0.3) is 0 Å². The van der Waals surface area contributed by atoms with Crippen LogP contribution in [-0.4, -0.2) is 49.4 Å². The molecule has 1 aromatic heterocycles. The van der Waals surface area contributed by atoms with E-state index < -0.39 is 6.61 Å². The number of guanidine groups is 1. The minimum absolute atomic E-state index is 0.150. The van der Waals surface area contributed by atoms with Gasteiger partial charge in [-0.3, -0.25) is 0 Å². The maximum atomic E-state index is 12.6. The fraction of sp³-hybridized carbons (Fsp3) is 0.478. The van der Waals surface area contributed by atoms with E-state index in [9.17, 15) is 8.78 Å². The topological polar surface area (TPSA) is 71.0 Å². The van der Waals surface area contributed by atoms with E-state index in [4.69, 9.17) is 4.74 Å². The summed E-state index contributed by atoms with van der Waals surface area (Å²) < 4.78 is 35.6. The van der Waals surface area contributed by atoms with Crippen molar-refractivity contribution < 1.29 is 18.3 Å². The summed E-state index contributed by atoms with van der Waals surface area (Å²) in [6.45, 7) is 6.29. The summed E-state index contributed by atoms with van der Waals surface area (Å²) in [5, 5.41) is 6.33. The Hall–Kier alpha value is -2.94. The van der Waals surface area contributed by atoms with Gasteiger partial charge in [-0.05, 0) is 38.5 Å². The minimum atomic E-state index is -2.86. The third-order valence-electron chi connectivity index (χ3n) is 4.95. The number of hydrogen-bond acceptors (Lipinski definition) is 5. The van der Waals surface area contributed by atoms with E-state index >= 15 is 0 Å². The average molecular weight is 448 g/mol. The van der Waals surface area contributed by atoms with Crippen molar-refractivity contribution in [1.29, 1.82) is 0 Å². The first-order valence-corrected chi connectivity index (χ1v) is 10.8. The molecule has 1 aromatic carbocycles. The molecule has 0 spiro atoms. The molecule has 2 heterocycles. The minimum Gasteiger partial charge on any atom is -0.434 e. The first-order chi connectivity index (χ1) is 15.4. The first kappa shape index (κ1) is 23.7. The van der Waals surface area contributed by atoms with E-state index in [1.54, 1.807) is 18.2 Å². The van der Waals surface area contributed by atoms with Gasteiger partial charge in [0, 0.05) is 37.9 Å². The summed E-state index contributed by atoms with van der Waals surface area (Å²) in [4.78, 5) is 11.4. The maximum Gasteiger partial charge on any atom is 0.387 e. The quantitative estimate of drug-likeness (QED) is 0.476. The van der Waals surface area contributed by atoms with Gasteiger partial charge in [-0.2, -0.15) is 8.78 Å². The highest BCUT2D eigenvalue weighted by molar-refractivity contribution is 5.79. The second kappa shape index (κ2) is 11.6. The van der Waals surface area contributed by atoms with Crippen molar-refractivity contribution in [3.8, 4) is 5.75 Å². The Labute approximate surface area is 187 Å². The van der Waals surface area contributed by atoms with Gasteiger partial charge in [-0.25, -0.2) is 9.98 Å². The van der Waals surface area contributed by atoms with Crippen LogP contribution in [-0.2, 0) is 17.8 Å². The predicted octanol–water partition coefficient (Wildman–Crippen LogP) is 3.55. The van der Waals surface area contributed by atoms with Gasteiger partial charge in [0.2, 0.25) is 0 Å². The number of para-hydroxylation sites is 1. The molecule has 2 aromatic rings. The van der Waals surface area contributed by atoms with Gasteiger partial charge < -0.3 is 25.0 Å². The molecule has 32 heavy (non-hydrogen) atoms. The standard InChI is InChI=1S/C23H31F2N5O2/c1-4-26-23(29-13-19-7-5-6-8-20(19)32-22(24)25)28-12-18-9-10-21(27-11-18)30-14-16(2)31-17(3)15-30/h5-11,16-17,22H,4,12-15H2,1-3H3,(H2,26,28,29). The molecule has 0 aliphatic carbocycles. The number of morpholine rings is 1. The molecule has 1 aliphatic heterocycles. The van der Waals surface area contributed by atoms with Crippen LogP contribution in [0.15, 0.2) is 47.6 Å². The van der Waals surface area contributed by atoms with Gasteiger partial charge in [-0.1, -0.05) is 24.3 Å². The Balaban J connectivity index is 1.60. The van der Waals surface area contributed by atoms with Crippen LogP contribution in [0.1, 0.15) is 31.9 Å². The highest BCUT2D eigenvalue weighted by Gasteiger charge is 2.22. The van der Waals surface area contributed by atoms with E-state index in [-0.39, 0.29) is 18.0 Å². The summed E-state index contributed by atoms with van der Waals surface area (Å²) in [6.07, 6.45) is 2.18. The number of alkyl halides is 2. The van der Waals surface area contributed by atoms with Gasteiger partial charge in [-0.15, -0.1) is 0 Å². The van der Waals surface area contributed by atoms with Crippen molar-refractivity contribution in [1.82, 2.24) is 15.6 Å². The molecule has 0 bridgehead atoms. The first-order valence-electron chi connectivity index (χ1n) is 10.8. The van der Waals surface area contributed by atoms with Crippen LogP contribution in [0.3, 0.4) is 0 Å². The average Bonchev–Trinajstić information content (AvgIpc) is 2.76. The molecular weight excluding hydrogens is 416 g/mol. The SMILES string of the molecule is CCNC(=NCc1ccc(N2CC(C)OC(C)C2)nc1)NCc1ccccc1OC(F)F. The van der Waals surface area contributed by atoms with Crippen LogP contribution >= 0.6 is 0 Å². The van der Waals surface area contributed by atoms with Crippen molar-refractivity contribution in [3.05, 3.63) is 53.7 Å². The lowest BCUT2D eigenvalue weighted by molar-refractivity contribution is -0.0504. The second-order valence-electron chi connectivity index (χ2n) is 7.72. The number of benzene rings is 1. The van der Waals surface area contributed by atoms with Crippen molar-refractivity contribution in [2.24, 2.45) is 4.99 Å². The molecule has 0 amide bonds. The summed E-state index contributed by atoms with van der Waals surface area (Å²) >= 11 is 0. The van der Waals surface area contributed by atoms with E-state index in [1.807, 2.05) is 25.3 Å². The number of anilines is 1. The Bertz CT molecular complexity index is 869. The molecule has 0 saturated carbocycles. The molecule has 2 atom stereocenters. The molecule has 1 aliphatic rings. The van der Waals surface area contributed by atoms with Crippen LogP contribution in [0.5, 0.6) is 5.75 Å². The Morgan fingerprint density at radius 3 is 2.59 bits per heavy atom. The number of nitrogens with one attached hydrogen (secondary N) is 2. The van der Waals surface area contributed by atoms with E-state index in [1.165, 1.54) is 6.07 Å². The molecular formula is C23H31F2N5O2. The Morgan fingerprint density at radius 2 is 1.94 bits per heavy atom. The zero-order chi connectivity index (χ0) is 22.9. The van der Waals surface area contributed by atoms with Crippen molar-refractivity contribution in [2.75, 3.05) is 24.5 Å². The lowest BCUT2D eigenvalue weighted by Gasteiger charge is -2.36. The number of pyridine rings is 1. The number of ether oxygens (including phenoxy) is 2. The summed E-state index contributed by atoms with van der Waals surface area (Å²) in [5.74, 6) is 1.66. The molecule has 0 radical (unpaired) electrons. The lowest BCUT2D eigenvalue weighted by Crippen LogP contribution is -2.45. The smallest absolute Gasteiger partial charge is 0.387 e. The summed E-state index contributed by atoms with van der Waals surface area (Å²) in [6, 6.07) is 10.7. The molecule has 2 unspecified atom stereocenters. The monoisotopic (exact) mass is 447 g/mol. The normalized spacial score (nSPS) is 19.2. The number of hydrogen-bond donors (Lipinski definition) is 2. The zero-order valence-corrected chi connectivity index (χ0v) is 18.7. The summed E-state index contributed by atoms with van der Waals surface area (Å²) in [5.41, 5.74) is 1.60. The number of halogens is 2. The van der Waals surface area contributed by atoms with Gasteiger partial charge in [0.25, 0.3) is 0 Å². The second-order valence-corrected chi connectivity index (χ2v) is 7.72. The van der Waals surface area contributed by atoms with E-state index in [2.05, 4.69) is 44.1 Å². The largest absolute Gasteiger partial charge is 0.434 e. The van der Waals surface area contributed by atoms with Crippen molar-refractivity contribution in [3.63, 3.8) is 0 Å². The number of aromatic nitrogens is 1.